The fraction of sp³-hybridized carbons (Fsp3) is 0.625. The van der Waals surface area contributed by atoms with Crippen LogP contribution in [0.15, 0.2) is 24.3 Å². The van der Waals surface area contributed by atoms with Gasteiger partial charge >= 0.3 is 0 Å². The molecule has 0 heterocycles. The molecule has 0 unspecified atom stereocenters. The molecule has 0 aliphatic heterocycles. The highest BCUT2D eigenvalue weighted by atomic mass is 16.3. The lowest BCUT2D eigenvalue weighted by molar-refractivity contribution is 0.0784. The molecule has 17 heavy (non-hydrogen) atoms. The van der Waals surface area contributed by atoms with Gasteiger partial charge in [0.05, 0.1) is 5.60 Å². The summed E-state index contributed by atoms with van der Waals surface area (Å²) in [5.41, 5.74) is 1.84. The Morgan fingerprint density at radius 1 is 1.12 bits per heavy atom. The Balaban J connectivity index is 2.25. The maximum Gasteiger partial charge on any atom is 0.0840 e. The van der Waals surface area contributed by atoms with E-state index in [0.717, 1.165) is 11.5 Å². The van der Waals surface area contributed by atoms with Crippen LogP contribution in [-0.4, -0.2) is 5.11 Å². The van der Waals surface area contributed by atoms with Crippen LogP contribution < -0.4 is 0 Å². The van der Waals surface area contributed by atoms with Crippen molar-refractivity contribution < 1.29 is 5.11 Å². The summed E-state index contributed by atoms with van der Waals surface area (Å²) in [6, 6.07) is 8.44. The summed E-state index contributed by atoms with van der Waals surface area (Å²) in [5, 5.41) is 10.1. The largest absolute Gasteiger partial charge is 0.386 e. The van der Waals surface area contributed by atoms with Gasteiger partial charge < -0.3 is 5.11 Å². The summed E-state index contributed by atoms with van der Waals surface area (Å²) in [7, 11) is 0. The van der Waals surface area contributed by atoms with E-state index in [9.17, 15) is 5.11 Å². The van der Waals surface area contributed by atoms with Crippen molar-refractivity contribution in [3.8, 4) is 0 Å². The van der Waals surface area contributed by atoms with Crippen LogP contribution in [0.5, 0.6) is 0 Å². The molecule has 1 fully saturated rings. The van der Waals surface area contributed by atoms with Gasteiger partial charge in [0.1, 0.15) is 0 Å². The summed E-state index contributed by atoms with van der Waals surface area (Å²) in [6.07, 6.45) is 4.06. The van der Waals surface area contributed by atoms with E-state index in [0.29, 0.717) is 0 Å². The summed E-state index contributed by atoms with van der Waals surface area (Å²) in [4.78, 5) is 0. The maximum absolute atomic E-state index is 10.1. The second-order valence-corrected chi connectivity index (χ2v) is 6.67. The lowest BCUT2D eigenvalue weighted by Crippen LogP contribution is -2.21. The Morgan fingerprint density at radius 2 is 1.71 bits per heavy atom. The fourth-order valence-electron chi connectivity index (χ4n) is 2.48. The van der Waals surface area contributed by atoms with E-state index in [2.05, 4.69) is 32.0 Å². The fourth-order valence-corrected chi connectivity index (χ4v) is 2.48. The second kappa shape index (κ2) is 4.13. The minimum Gasteiger partial charge on any atom is -0.386 e. The topological polar surface area (TPSA) is 20.2 Å². The summed E-state index contributed by atoms with van der Waals surface area (Å²) < 4.78 is 0. The van der Waals surface area contributed by atoms with Crippen molar-refractivity contribution in [2.24, 2.45) is 5.92 Å². The molecule has 94 valence electrons. The first-order chi connectivity index (χ1) is 7.79. The van der Waals surface area contributed by atoms with Crippen LogP contribution in [0.1, 0.15) is 58.1 Å². The first kappa shape index (κ1) is 12.6. The number of hydrogen-bond acceptors (Lipinski definition) is 1. The highest BCUT2D eigenvalue weighted by molar-refractivity contribution is 5.32. The van der Waals surface area contributed by atoms with Crippen molar-refractivity contribution in [3.05, 3.63) is 35.4 Å². The van der Waals surface area contributed by atoms with Crippen LogP contribution in [0.4, 0.5) is 0 Å². The summed E-state index contributed by atoms with van der Waals surface area (Å²) in [5.74, 6) is 0.927. The number of hydrogen-bond donors (Lipinski definition) is 1. The molecule has 0 atom stereocenters. The molecule has 1 saturated carbocycles. The first-order valence-corrected chi connectivity index (χ1v) is 6.62. The molecule has 1 aliphatic rings. The van der Waals surface area contributed by atoms with Crippen LogP contribution in [0.2, 0.25) is 0 Å². The van der Waals surface area contributed by atoms with Gasteiger partial charge in [-0.25, -0.2) is 0 Å². The van der Waals surface area contributed by atoms with Gasteiger partial charge in [-0.15, -0.1) is 0 Å². The van der Waals surface area contributed by atoms with Gasteiger partial charge in [0.15, 0.2) is 0 Å². The smallest absolute Gasteiger partial charge is 0.0840 e. The van der Waals surface area contributed by atoms with Gasteiger partial charge in [0.2, 0.25) is 0 Å². The zero-order valence-electron chi connectivity index (χ0n) is 11.5. The third-order valence-electron chi connectivity index (χ3n) is 3.85. The van der Waals surface area contributed by atoms with Crippen LogP contribution in [-0.2, 0) is 11.0 Å². The minimum absolute atomic E-state index is 0.225. The average Bonchev–Trinajstić information content (AvgIpc) is 3.00. The highest BCUT2D eigenvalue weighted by Gasteiger charge is 2.31. The molecule has 0 amide bonds. The van der Waals surface area contributed by atoms with Crippen molar-refractivity contribution in [1.82, 2.24) is 0 Å². The van der Waals surface area contributed by atoms with Crippen LogP contribution in [0.25, 0.3) is 0 Å². The van der Waals surface area contributed by atoms with Gasteiger partial charge in [-0.05, 0) is 42.7 Å². The lowest BCUT2D eigenvalue weighted by atomic mass is 9.78. The Hall–Kier alpha value is -0.820. The van der Waals surface area contributed by atoms with Gasteiger partial charge in [0.25, 0.3) is 0 Å². The number of benzene rings is 1. The normalized spacial score (nSPS) is 17.2. The van der Waals surface area contributed by atoms with E-state index >= 15 is 0 Å². The van der Waals surface area contributed by atoms with E-state index in [1.165, 1.54) is 24.8 Å². The summed E-state index contributed by atoms with van der Waals surface area (Å²) in [6.45, 7) is 8.32. The van der Waals surface area contributed by atoms with Crippen molar-refractivity contribution in [1.29, 1.82) is 0 Å². The van der Waals surface area contributed by atoms with E-state index in [1.54, 1.807) is 0 Å². The van der Waals surface area contributed by atoms with E-state index in [1.807, 2.05) is 19.9 Å². The van der Waals surface area contributed by atoms with Gasteiger partial charge in [-0.1, -0.05) is 51.0 Å². The second-order valence-electron chi connectivity index (χ2n) is 6.67. The Morgan fingerprint density at radius 3 is 2.24 bits per heavy atom. The standard InChI is InChI=1S/C16H24O/c1-15(2,11-12-8-9-12)13-6-5-7-14(10-13)16(3,4)17/h5-7,10,12,17H,8-9,11H2,1-4H3. The molecule has 1 aromatic carbocycles. The zero-order valence-corrected chi connectivity index (χ0v) is 11.5. The molecule has 1 heteroatoms. The molecular weight excluding hydrogens is 208 g/mol. The lowest BCUT2D eigenvalue weighted by Gasteiger charge is -2.27. The molecule has 1 N–H and O–H groups in total. The first-order valence-electron chi connectivity index (χ1n) is 6.62. The molecule has 0 saturated heterocycles. The molecule has 1 aliphatic carbocycles. The van der Waals surface area contributed by atoms with Crippen molar-refractivity contribution in [2.45, 2.75) is 58.0 Å². The van der Waals surface area contributed by atoms with Gasteiger partial charge in [-0.3, -0.25) is 0 Å². The molecule has 0 radical (unpaired) electrons. The third-order valence-corrected chi connectivity index (χ3v) is 3.85. The highest BCUT2D eigenvalue weighted by Crippen LogP contribution is 2.42. The molecule has 2 rings (SSSR count). The monoisotopic (exact) mass is 232 g/mol. The average molecular weight is 232 g/mol. The Bertz CT molecular complexity index is 394. The predicted octanol–water partition coefficient (Wildman–Crippen LogP) is 3.99. The quantitative estimate of drug-likeness (QED) is 0.832. The summed E-state index contributed by atoms with van der Waals surface area (Å²) >= 11 is 0. The van der Waals surface area contributed by atoms with E-state index in [-0.39, 0.29) is 5.41 Å². The van der Waals surface area contributed by atoms with Crippen molar-refractivity contribution in [2.75, 3.05) is 0 Å². The van der Waals surface area contributed by atoms with Crippen molar-refractivity contribution in [3.63, 3.8) is 0 Å². The Kier molecular flexibility index (Phi) is 3.07. The van der Waals surface area contributed by atoms with Crippen molar-refractivity contribution >= 4 is 0 Å². The zero-order chi connectivity index (χ0) is 12.7. The minimum atomic E-state index is -0.744. The van der Waals surface area contributed by atoms with Crippen LogP contribution in [0, 0.1) is 5.92 Å². The van der Waals surface area contributed by atoms with Gasteiger partial charge in [-0.2, -0.15) is 0 Å². The molecule has 0 bridgehead atoms. The number of rotatable bonds is 4. The van der Waals surface area contributed by atoms with E-state index in [4.69, 9.17) is 0 Å². The maximum atomic E-state index is 10.1. The van der Waals surface area contributed by atoms with Crippen LogP contribution >= 0.6 is 0 Å². The SMILES string of the molecule is CC(C)(O)c1cccc(C(C)(C)CC2CC2)c1. The van der Waals surface area contributed by atoms with E-state index < -0.39 is 5.60 Å². The molecular formula is C16H24O. The molecule has 1 nitrogen and oxygen atoms in total. The number of aliphatic hydroxyl groups is 1. The predicted molar refractivity (Wildman–Crippen MR) is 72.1 cm³/mol. The third kappa shape index (κ3) is 3.10. The van der Waals surface area contributed by atoms with Gasteiger partial charge in [0, 0.05) is 0 Å². The molecule has 0 aromatic heterocycles. The molecule has 1 aromatic rings. The molecule has 0 spiro atoms. The van der Waals surface area contributed by atoms with Crippen LogP contribution in [0.3, 0.4) is 0 Å². The Labute approximate surface area is 105 Å².